The molecule has 0 saturated carbocycles. The molecule has 1 heterocycles. The van der Waals surface area contributed by atoms with Gasteiger partial charge in [0.1, 0.15) is 0 Å². The minimum absolute atomic E-state index is 0.00716. The number of benzene rings is 3. The molecule has 0 aliphatic rings. The van der Waals surface area contributed by atoms with Crippen molar-refractivity contribution in [1.29, 1.82) is 0 Å². The van der Waals surface area contributed by atoms with Gasteiger partial charge in [0.05, 0.1) is 23.5 Å². The summed E-state index contributed by atoms with van der Waals surface area (Å²) in [4.78, 5) is 46.4. The van der Waals surface area contributed by atoms with E-state index in [1.807, 2.05) is 36.4 Å². The van der Waals surface area contributed by atoms with Crippen LogP contribution in [0.2, 0.25) is 0 Å². The molecule has 0 saturated heterocycles. The molecule has 230 valence electrons. The van der Waals surface area contributed by atoms with Gasteiger partial charge in [-0.25, -0.2) is 13.4 Å². The Kier molecular flexibility index (Phi) is 10.5. The molecular weight excluding hydrogens is 584 g/mol. The highest BCUT2D eigenvalue weighted by Crippen LogP contribution is 2.20. The molecule has 1 aromatic heterocycles. The number of sulfonamides is 1. The van der Waals surface area contributed by atoms with Gasteiger partial charge in [-0.1, -0.05) is 60.7 Å². The topological polar surface area (TPSA) is 182 Å². The highest BCUT2D eigenvalue weighted by atomic mass is 32.2. The van der Waals surface area contributed by atoms with Crippen LogP contribution in [0.15, 0.2) is 91.3 Å². The van der Waals surface area contributed by atoms with Crippen molar-refractivity contribution in [1.82, 2.24) is 20.6 Å². The van der Waals surface area contributed by atoms with Gasteiger partial charge in [-0.3, -0.25) is 24.4 Å². The molecule has 6 N–H and O–H groups in total. The second kappa shape index (κ2) is 14.4. The fourth-order valence-corrected chi connectivity index (χ4v) is 5.00. The number of aromatic amines is 1. The molecule has 0 bridgehead atoms. The molecule has 0 aliphatic heterocycles. The Bertz CT molecular complexity index is 1680. The van der Waals surface area contributed by atoms with E-state index in [-0.39, 0.29) is 41.0 Å². The second-order valence-corrected chi connectivity index (χ2v) is 12.1. The Labute approximate surface area is 255 Å². The van der Waals surface area contributed by atoms with Crippen LogP contribution < -0.4 is 20.7 Å². The van der Waals surface area contributed by atoms with E-state index in [2.05, 4.69) is 30.6 Å². The molecule has 0 spiro atoms. The van der Waals surface area contributed by atoms with E-state index in [0.29, 0.717) is 0 Å². The molecule has 3 aromatic carbocycles. The van der Waals surface area contributed by atoms with Gasteiger partial charge < -0.3 is 20.7 Å². The predicted octanol–water partition coefficient (Wildman–Crippen LogP) is 3.00. The number of carbonyl (C=O) groups excluding carboxylic acids is 3. The van der Waals surface area contributed by atoms with Gasteiger partial charge in [-0.15, -0.1) is 0 Å². The van der Waals surface area contributed by atoms with Crippen molar-refractivity contribution in [3.63, 3.8) is 0 Å². The Morgan fingerprint density at radius 3 is 2.11 bits per heavy atom. The summed E-state index contributed by atoms with van der Waals surface area (Å²) in [7, 11) is -3.75. The molecular formula is C31H34N6O6S. The number of anilines is 2. The monoisotopic (exact) mass is 618 g/mol. The lowest BCUT2D eigenvalue weighted by molar-refractivity contribution is -0.125. The smallest absolute Gasteiger partial charge is 0.257 e. The quantitative estimate of drug-likeness (QED) is 0.133. The minimum Gasteiger partial charge on any atom is -0.381 e. The van der Waals surface area contributed by atoms with Crippen LogP contribution in [0.4, 0.5) is 11.6 Å². The van der Waals surface area contributed by atoms with Gasteiger partial charge >= 0.3 is 0 Å². The van der Waals surface area contributed by atoms with E-state index < -0.39 is 39.9 Å². The van der Waals surface area contributed by atoms with E-state index in [4.69, 9.17) is 0 Å². The molecule has 0 fully saturated rings. The number of nitrogens with zero attached hydrogens (tertiary/aromatic N) is 1. The third-order valence-electron chi connectivity index (χ3n) is 6.76. The zero-order valence-corrected chi connectivity index (χ0v) is 25.0. The summed E-state index contributed by atoms with van der Waals surface area (Å²) in [5, 5.41) is 19.0. The first-order valence-corrected chi connectivity index (χ1v) is 15.5. The number of nitrogens with one attached hydrogen (secondary N) is 5. The lowest BCUT2D eigenvalue weighted by atomic mass is 9.99. The number of amides is 3. The van der Waals surface area contributed by atoms with Crippen LogP contribution in [0.3, 0.4) is 0 Å². The van der Waals surface area contributed by atoms with Crippen LogP contribution >= 0.6 is 0 Å². The number of carbonyl (C=O) groups is 3. The highest BCUT2D eigenvalue weighted by Gasteiger charge is 2.29. The first kappa shape index (κ1) is 31.9. The van der Waals surface area contributed by atoms with Gasteiger partial charge in [-0.05, 0) is 49.6 Å². The summed E-state index contributed by atoms with van der Waals surface area (Å²) in [6.45, 7) is 3.26. The molecule has 0 radical (unpaired) electrons. The molecule has 3 amide bonds. The third-order valence-corrected chi connectivity index (χ3v) is 8.07. The zero-order chi connectivity index (χ0) is 31.7. The number of hydrogen-bond acceptors (Lipinski definition) is 7. The van der Waals surface area contributed by atoms with Crippen molar-refractivity contribution in [2.75, 3.05) is 15.8 Å². The van der Waals surface area contributed by atoms with Gasteiger partial charge in [0.15, 0.2) is 6.10 Å². The number of aromatic nitrogens is 2. The Morgan fingerprint density at radius 1 is 0.909 bits per heavy atom. The van der Waals surface area contributed by atoms with Crippen LogP contribution in [-0.4, -0.2) is 59.1 Å². The first-order chi connectivity index (χ1) is 21.0. The van der Waals surface area contributed by atoms with Gasteiger partial charge in [0, 0.05) is 23.5 Å². The van der Waals surface area contributed by atoms with Crippen LogP contribution in [0.5, 0.6) is 0 Å². The Balaban J connectivity index is 1.62. The van der Waals surface area contributed by atoms with Crippen molar-refractivity contribution in [2.45, 2.75) is 38.5 Å². The van der Waals surface area contributed by atoms with Crippen LogP contribution in [0.25, 0.3) is 0 Å². The molecule has 44 heavy (non-hydrogen) atoms. The van der Waals surface area contributed by atoms with E-state index in [1.54, 1.807) is 31.2 Å². The van der Waals surface area contributed by atoms with Crippen LogP contribution in [0, 0.1) is 0 Å². The summed E-state index contributed by atoms with van der Waals surface area (Å²) < 4.78 is 27.1. The number of imidazole rings is 1. The minimum atomic E-state index is -3.75. The lowest BCUT2D eigenvalue weighted by Gasteiger charge is -2.24. The van der Waals surface area contributed by atoms with E-state index >= 15 is 0 Å². The fraction of sp³-hybridized carbons (Fsp3) is 0.226. The Hall–Kier alpha value is -5.01. The number of aliphatic hydroxyl groups excluding tert-OH is 1. The van der Waals surface area contributed by atoms with Crippen molar-refractivity contribution >= 4 is 39.4 Å². The average molecular weight is 619 g/mol. The number of aliphatic hydroxyl groups is 1. The average Bonchev–Trinajstić information content (AvgIpc) is 3.54. The van der Waals surface area contributed by atoms with Gasteiger partial charge in [-0.2, -0.15) is 0 Å². The zero-order valence-electron chi connectivity index (χ0n) is 24.2. The van der Waals surface area contributed by atoms with E-state index in [9.17, 15) is 27.9 Å². The summed E-state index contributed by atoms with van der Waals surface area (Å²) in [6.07, 6.45) is 1.32. The molecule has 3 atom stereocenters. The molecule has 1 unspecified atom stereocenters. The molecule has 0 aliphatic carbocycles. The largest absolute Gasteiger partial charge is 0.381 e. The number of rotatable bonds is 13. The van der Waals surface area contributed by atoms with Crippen molar-refractivity contribution in [3.8, 4) is 0 Å². The third kappa shape index (κ3) is 8.75. The maximum absolute atomic E-state index is 13.6. The van der Waals surface area contributed by atoms with Crippen LogP contribution in [-0.2, 0) is 21.2 Å². The molecule has 4 rings (SSSR count). The second-order valence-electron chi connectivity index (χ2n) is 10.1. The summed E-state index contributed by atoms with van der Waals surface area (Å²) in [5.74, 6) is -2.19. The molecule has 12 nitrogen and oxygen atoms in total. The van der Waals surface area contributed by atoms with Crippen LogP contribution in [0.1, 0.15) is 51.7 Å². The van der Waals surface area contributed by atoms with Crippen molar-refractivity contribution < 1.29 is 27.9 Å². The molecule has 13 heteroatoms. The lowest BCUT2D eigenvalue weighted by Crippen LogP contribution is -2.50. The molecule has 4 aromatic rings. The summed E-state index contributed by atoms with van der Waals surface area (Å²) in [5.41, 5.74) is 1.57. The maximum Gasteiger partial charge on any atom is 0.257 e. The normalized spacial score (nSPS) is 13.2. The van der Waals surface area contributed by atoms with E-state index in [0.717, 1.165) is 11.1 Å². The standard InChI is InChI=1S/C31H34N6O6S/c1-3-44(42,43)37-25-18-23(28(39)34-20(2)22-12-8-5-9-13-22)17-24(19-25)29(40)35-26(16-21-10-6-4-7-11-21)27(38)30(41)36-31-32-14-15-33-31/h4-15,17-20,26-27,37-38H,3,16H2,1-2H3,(H,34,39)(H,35,40)(H2,32,33,36,41)/t20-,26?,27-/m1/s1. The number of H-pyrrole nitrogens is 1. The predicted molar refractivity (Wildman–Crippen MR) is 166 cm³/mol. The van der Waals surface area contributed by atoms with E-state index in [1.165, 1.54) is 37.5 Å². The summed E-state index contributed by atoms with van der Waals surface area (Å²) in [6, 6.07) is 20.7. The first-order valence-electron chi connectivity index (χ1n) is 13.9. The SMILES string of the molecule is CCS(=O)(=O)Nc1cc(C(=O)NC(Cc2ccccc2)[C@@H](O)C(=O)Nc2ncc[nH]2)cc(C(=O)N[C@H](C)c2ccccc2)c1. The van der Waals surface area contributed by atoms with Gasteiger partial charge in [0.25, 0.3) is 17.7 Å². The Morgan fingerprint density at radius 2 is 1.52 bits per heavy atom. The van der Waals surface area contributed by atoms with Gasteiger partial charge in [0.2, 0.25) is 16.0 Å². The fourth-order valence-electron chi connectivity index (χ4n) is 4.37. The van der Waals surface area contributed by atoms with Crippen molar-refractivity contribution in [2.24, 2.45) is 0 Å². The number of hydrogen-bond donors (Lipinski definition) is 6. The van der Waals surface area contributed by atoms with Crippen molar-refractivity contribution in [3.05, 3.63) is 114 Å². The highest BCUT2D eigenvalue weighted by molar-refractivity contribution is 7.92. The maximum atomic E-state index is 13.6. The summed E-state index contributed by atoms with van der Waals surface area (Å²) >= 11 is 0.